The standard InChI is InChI=1S/C66H59N3/c1-45-20-18-28-53-44-68-62-58(64(45,2)3)40-52(49(32-31-46-21-10-8-11-22-46)27-19-37-67-54-29-12-9-13-30-54)41-59(62)66(6,7)61-43-57(42-60(63(61)68)65(53,4)5)69(55-35-33-47-23-14-16-25-50(47)38-55)56-36-34-48-24-15-17-26-51(48)39-56/h8-43,67H,1,44H2,2-7H3/b20-18-,32-31-,37-19+,49-27+,53-28+. The summed E-state index contributed by atoms with van der Waals surface area (Å²) in [4.78, 5) is 5.16. The molecule has 69 heavy (non-hydrogen) atoms. The van der Waals surface area contributed by atoms with E-state index >= 15 is 0 Å². The van der Waals surface area contributed by atoms with Gasteiger partial charge in [0, 0.05) is 63.1 Å². The van der Waals surface area contributed by atoms with Gasteiger partial charge in [0.1, 0.15) is 0 Å². The lowest BCUT2D eigenvalue weighted by molar-refractivity contribution is 0.554. The van der Waals surface area contributed by atoms with Crippen LogP contribution in [-0.4, -0.2) is 6.54 Å². The summed E-state index contributed by atoms with van der Waals surface area (Å²) >= 11 is 0. The summed E-state index contributed by atoms with van der Waals surface area (Å²) in [5.74, 6) is 0. The molecule has 2 bridgehead atoms. The highest BCUT2D eigenvalue weighted by atomic mass is 15.2. The van der Waals surface area contributed by atoms with Crippen molar-refractivity contribution in [1.29, 1.82) is 0 Å². The number of rotatable bonds is 9. The molecule has 3 heteroatoms. The zero-order valence-corrected chi connectivity index (χ0v) is 40.6. The molecule has 11 rings (SSSR count). The van der Waals surface area contributed by atoms with Crippen LogP contribution in [0.2, 0.25) is 0 Å². The second-order valence-electron chi connectivity index (χ2n) is 20.5. The molecule has 3 aliphatic heterocycles. The van der Waals surface area contributed by atoms with E-state index < -0.39 is 10.8 Å². The first-order valence-electron chi connectivity index (χ1n) is 24.3. The Hall–Kier alpha value is -7.88. The van der Waals surface area contributed by atoms with Crippen molar-refractivity contribution in [2.24, 2.45) is 0 Å². The van der Waals surface area contributed by atoms with Gasteiger partial charge in [0.15, 0.2) is 0 Å². The van der Waals surface area contributed by atoms with Gasteiger partial charge in [-0.25, -0.2) is 0 Å². The van der Waals surface area contributed by atoms with E-state index in [1.807, 2.05) is 12.3 Å². The Kier molecular flexibility index (Phi) is 10.8. The summed E-state index contributed by atoms with van der Waals surface area (Å²) < 4.78 is 0. The fourth-order valence-electron chi connectivity index (χ4n) is 10.8. The average molecular weight is 894 g/mol. The molecule has 3 heterocycles. The normalized spacial score (nSPS) is 17.8. The highest BCUT2D eigenvalue weighted by Gasteiger charge is 2.48. The topological polar surface area (TPSA) is 18.5 Å². The summed E-state index contributed by atoms with van der Waals surface area (Å²) in [5, 5.41) is 8.36. The number of benzene rings is 8. The summed E-state index contributed by atoms with van der Waals surface area (Å²) in [6.07, 6.45) is 17.7. The summed E-state index contributed by atoms with van der Waals surface area (Å²) in [6.45, 7) is 20.0. The molecule has 0 atom stereocenters. The Morgan fingerprint density at radius 3 is 1.72 bits per heavy atom. The second kappa shape index (κ2) is 17.0. The molecule has 0 spiro atoms. The lowest BCUT2D eigenvalue weighted by Crippen LogP contribution is -2.44. The maximum absolute atomic E-state index is 4.77. The summed E-state index contributed by atoms with van der Waals surface area (Å²) in [7, 11) is 0. The number of para-hydroxylation sites is 1. The van der Waals surface area contributed by atoms with Crippen LogP contribution in [0.15, 0.2) is 230 Å². The highest BCUT2D eigenvalue weighted by Crippen LogP contribution is 2.60. The maximum atomic E-state index is 4.77. The van der Waals surface area contributed by atoms with Crippen LogP contribution >= 0.6 is 0 Å². The van der Waals surface area contributed by atoms with E-state index in [4.69, 9.17) is 6.58 Å². The number of fused-ring (bicyclic) bond motifs is 3. The van der Waals surface area contributed by atoms with Crippen LogP contribution in [0.1, 0.15) is 74.9 Å². The predicted octanol–water partition coefficient (Wildman–Crippen LogP) is 17.6. The van der Waals surface area contributed by atoms with E-state index in [-0.39, 0.29) is 5.41 Å². The second-order valence-corrected chi connectivity index (χ2v) is 20.5. The number of hydrogen-bond acceptors (Lipinski definition) is 3. The van der Waals surface area contributed by atoms with E-state index in [0.29, 0.717) is 0 Å². The van der Waals surface area contributed by atoms with Crippen molar-refractivity contribution in [3.05, 3.63) is 264 Å². The van der Waals surface area contributed by atoms with Crippen LogP contribution in [0, 0.1) is 0 Å². The Bertz CT molecular complexity index is 3410. The predicted molar refractivity (Wildman–Crippen MR) is 297 cm³/mol. The van der Waals surface area contributed by atoms with Crippen LogP contribution in [0.3, 0.4) is 0 Å². The van der Waals surface area contributed by atoms with E-state index in [1.54, 1.807) is 0 Å². The van der Waals surface area contributed by atoms with Crippen LogP contribution < -0.4 is 15.1 Å². The number of nitrogens with one attached hydrogen (secondary N) is 1. The first kappa shape index (κ1) is 43.7. The van der Waals surface area contributed by atoms with E-state index in [9.17, 15) is 0 Å². The van der Waals surface area contributed by atoms with Crippen molar-refractivity contribution >= 4 is 67.3 Å². The van der Waals surface area contributed by atoms with Gasteiger partial charge in [0.05, 0.1) is 0 Å². The van der Waals surface area contributed by atoms with Crippen LogP contribution in [0.5, 0.6) is 0 Å². The molecule has 1 N–H and O–H groups in total. The molecule has 3 nitrogen and oxygen atoms in total. The van der Waals surface area contributed by atoms with Crippen LogP contribution in [-0.2, 0) is 16.2 Å². The van der Waals surface area contributed by atoms with Gasteiger partial charge in [-0.2, -0.15) is 0 Å². The van der Waals surface area contributed by atoms with Crippen molar-refractivity contribution in [2.45, 2.75) is 57.8 Å². The first-order valence-corrected chi connectivity index (χ1v) is 24.3. The van der Waals surface area contributed by atoms with Crippen molar-refractivity contribution < 1.29 is 0 Å². The summed E-state index contributed by atoms with van der Waals surface area (Å²) in [5.41, 5.74) is 17.1. The largest absolute Gasteiger partial charge is 0.362 e. The zero-order valence-electron chi connectivity index (χ0n) is 40.6. The number of allylic oxidation sites excluding steroid dienone is 8. The van der Waals surface area contributed by atoms with E-state index in [0.717, 1.165) is 51.6 Å². The highest BCUT2D eigenvalue weighted by molar-refractivity contribution is 5.96. The molecule has 0 saturated carbocycles. The van der Waals surface area contributed by atoms with Crippen molar-refractivity contribution in [1.82, 2.24) is 0 Å². The van der Waals surface area contributed by atoms with Crippen molar-refractivity contribution in [3.63, 3.8) is 0 Å². The lowest BCUT2D eigenvalue weighted by Gasteiger charge is -2.52. The molecule has 0 aliphatic carbocycles. The average Bonchev–Trinajstić information content (AvgIpc) is 3.36. The van der Waals surface area contributed by atoms with Gasteiger partial charge in [-0.3, -0.25) is 0 Å². The molecule has 0 radical (unpaired) electrons. The minimum Gasteiger partial charge on any atom is -0.362 e. The fraction of sp³-hybridized carbons (Fsp3) is 0.152. The maximum Gasteiger partial charge on any atom is 0.0498 e. The minimum atomic E-state index is -0.414. The first-order chi connectivity index (χ1) is 33.4. The molecule has 0 unspecified atom stereocenters. The number of nitrogens with zero attached hydrogens (tertiary/aromatic N) is 2. The quantitative estimate of drug-likeness (QED) is 0.146. The van der Waals surface area contributed by atoms with E-state index in [2.05, 4.69) is 263 Å². The third kappa shape index (κ3) is 7.73. The van der Waals surface area contributed by atoms with Gasteiger partial charge < -0.3 is 15.1 Å². The third-order valence-corrected chi connectivity index (χ3v) is 15.2. The molecule has 8 aromatic carbocycles. The Balaban J connectivity index is 1.16. The minimum absolute atomic E-state index is 0.276. The van der Waals surface area contributed by atoms with Gasteiger partial charge in [-0.05, 0) is 138 Å². The molecule has 8 aromatic rings. The Morgan fingerprint density at radius 2 is 1.10 bits per heavy atom. The van der Waals surface area contributed by atoms with Gasteiger partial charge in [0.25, 0.3) is 0 Å². The van der Waals surface area contributed by atoms with Gasteiger partial charge in [0.2, 0.25) is 0 Å². The van der Waals surface area contributed by atoms with Gasteiger partial charge in [-0.15, -0.1) is 0 Å². The van der Waals surface area contributed by atoms with Crippen LogP contribution in [0.4, 0.5) is 34.1 Å². The molecule has 0 aromatic heterocycles. The zero-order chi connectivity index (χ0) is 47.5. The molecular weight excluding hydrogens is 835 g/mol. The van der Waals surface area contributed by atoms with Gasteiger partial charge >= 0.3 is 0 Å². The lowest BCUT2D eigenvalue weighted by atomic mass is 9.63. The fourth-order valence-corrected chi connectivity index (χ4v) is 10.8. The van der Waals surface area contributed by atoms with Crippen molar-refractivity contribution in [3.8, 4) is 0 Å². The monoisotopic (exact) mass is 893 g/mol. The Labute approximate surface area is 408 Å². The Morgan fingerprint density at radius 1 is 0.565 bits per heavy atom. The number of hydrogen-bond donors (Lipinski definition) is 1. The SMILES string of the molecule is C=C1/C=C\C=C2/CN3c4c(cc(C(/C=C\c5ccccc5)=C/C=C/Nc5ccccc5)cc4C(C)(C)c4cc(N(c5ccc6ccccc6c5)c5ccc6ccccc6c5)cc(c43)C2(C)C)C1(C)C. The molecule has 338 valence electrons. The third-order valence-electron chi connectivity index (χ3n) is 15.2. The molecule has 0 fully saturated rings. The smallest absolute Gasteiger partial charge is 0.0498 e. The molecule has 0 saturated heterocycles. The molecule has 3 aliphatic rings. The summed E-state index contributed by atoms with van der Waals surface area (Å²) in [6, 6.07) is 62.0. The van der Waals surface area contributed by atoms with Crippen molar-refractivity contribution in [2.75, 3.05) is 21.7 Å². The molecule has 0 amide bonds. The number of anilines is 6. The van der Waals surface area contributed by atoms with Gasteiger partial charge in [-0.1, -0.05) is 194 Å². The van der Waals surface area contributed by atoms with E-state index in [1.165, 1.54) is 60.7 Å². The van der Waals surface area contributed by atoms with Crippen LogP contribution in [0.25, 0.3) is 33.2 Å². The molecular formula is C66H59N3.